The molecule has 2 bridgehead atoms. The number of carbonyl (C=O) groups excluding carboxylic acids is 2. The summed E-state index contributed by atoms with van der Waals surface area (Å²) in [6, 6.07) is 6.66. The van der Waals surface area contributed by atoms with Gasteiger partial charge in [0, 0.05) is 18.3 Å². The van der Waals surface area contributed by atoms with Crippen LogP contribution < -0.4 is 10.6 Å². The van der Waals surface area contributed by atoms with Crippen LogP contribution in [0.15, 0.2) is 36.4 Å². The zero-order valence-electron chi connectivity index (χ0n) is 12.4. The largest absolute Gasteiger partial charge is 0.481 e. The Kier molecular flexibility index (Phi) is 3.87. The minimum Gasteiger partial charge on any atom is -0.481 e. The van der Waals surface area contributed by atoms with Crippen molar-refractivity contribution in [2.24, 2.45) is 11.8 Å². The summed E-state index contributed by atoms with van der Waals surface area (Å²) in [5, 5.41) is 14.6. The molecule has 1 aromatic rings. The first-order chi connectivity index (χ1) is 11.0. The Morgan fingerprint density at radius 1 is 1.04 bits per heavy atom. The van der Waals surface area contributed by atoms with Gasteiger partial charge in [-0.25, -0.2) is 0 Å². The summed E-state index contributed by atoms with van der Waals surface area (Å²) in [7, 11) is 0. The van der Waals surface area contributed by atoms with Crippen LogP contribution in [0.25, 0.3) is 0 Å². The maximum atomic E-state index is 12.5. The third-order valence-corrected chi connectivity index (χ3v) is 3.94. The maximum absolute atomic E-state index is 12.5. The number of hydrogen-bond donors (Lipinski definition) is 3. The second-order valence-corrected chi connectivity index (χ2v) is 5.59. The van der Waals surface area contributed by atoms with Crippen molar-refractivity contribution in [2.75, 3.05) is 10.6 Å². The summed E-state index contributed by atoms with van der Waals surface area (Å²) >= 11 is 0. The number of nitrogens with one attached hydrogen (secondary N) is 2. The normalized spacial score (nSPS) is 27.7. The van der Waals surface area contributed by atoms with Gasteiger partial charge in [0.1, 0.15) is 5.92 Å². The Morgan fingerprint density at radius 3 is 2.26 bits per heavy atom. The molecule has 23 heavy (non-hydrogen) atoms. The summed E-state index contributed by atoms with van der Waals surface area (Å²) in [6.07, 6.45) is 2.34. The molecule has 3 N–H and O–H groups in total. The molecule has 0 radical (unpaired) electrons. The molecule has 120 valence electrons. The van der Waals surface area contributed by atoms with Gasteiger partial charge in [-0.05, 0) is 18.2 Å². The van der Waals surface area contributed by atoms with Gasteiger partial charge >= 0.3 is 5.97 Å². The minimum absolute atomic E-state index is 0.217. The second kappa shape index (κ2) is 5.85. The fourth-order valence-corrected chi connectivity index (χ4v) is 3.02. The topological polar surface area (TPSA) is 105 Å². The van der Waals surface area contributed by atoms with E-state index in [0.717, 1.165) is 0 Å². The molecule has 7 nitrogen and oxygen atoms in total. The fraction of sp³-hybridized carbons (Fsp3) is 0.312. The maximum Gasteiger partial charge on any atom is 0.310 e. The lowest BCUT2D eigenvalue weighted by molar-refractivity contribution is -0.145. The van der Waals surface area contributed by atoms with Crippen molar-refractivity contribution in [2.45, 2.75) is 19.1 Å². The first kappa shape index (κ1) is 15.2. The number of ether oxygens (including phenoxy) is 1. The predicted octanol–water partition coefficient (Wildman–Crippen LogP) is 1.24. The molecule has 0 spiro atoms. The van der Waals surface area contributed by atoms with Gasteiger partial charge in [0.15, 0.2) is 0 Å². The van der Waals surface area contributed by atoms with E-state index in [0.29, 0.717) is 11.4 Å². The molecular weight excluding hydrogens is 300 g/mol. The Balaban J connectivity index is 1.75. The molecule has 0 aliphatic carbocycles. The van der Waals surface area contributed by atoms with Gasteiger partial charge in [-0.15, -0.1) is 0 Å². The number of aliphatic carboxylic acids is 1. The third kappa shape index (κ3) is 2.95. The lowest BCUT2D eigenvalue weighted by Crippen LogP contribution is -2.39. The molecule has 1 fully saturated rings. The van der Waals surface area contributed by atoms with E-state index in [1.807, 2.05) is 0 Å². The summed E-state index contributed by atoms with van der Waals surface area (Å²) < 4.78 is 5.48. The Bertz CT molecular complexity index is 699. The van der Waals surface area contributed by atoms with Crippen LogP contribution in [0, 0.1) is 11.8 Å². The molecule has 4 atom stereocenters. The quantitative estimate of drug-likeness (QED) is 0.725. The molecule has 2 aliphatic heterocycles. The van der Waals surface area contributed by atoms with Crippen LogP contribution in [-0.4, -0.2) is 35.1 Å². The molecule has 1 saturated heterocycles. The first-order valence-corrected chi connectivity index (χ1v) is 7.21. The van der Waals surface area contributed by atoms with Crippen LogP contribution in [0.1, 0.15) is 6.92 Å². The smallest absolute Gasteiger partial charge is 0.310 e. The van der Waals surface area contributed by atoms with Crippen LogP contribution >= 0.6 is 0 Å². The molecule has 1 aromatic carbocycles. The highest BCUT2D eigenvalue weighted by Gasteiger charge is 2.53. The monoisotopic (exact) mass is 316 g/mol. The van der Waals surface area contributed by atoms with Gasteiger partial charge in [0.2, 0.25) is 11.8 Å². The number of carbonyl (C=O) groups is 3. The van der Waals surface area contributed by atoms with E-state index in [9.17, 15) is 19.5 Å². The lowest BCUT2D eigenvalue weighted by Gasteiger charge is -2.21. The van der Waals surface area contributed by atoms with E-state index in [4.69, 9.17) is 4.74 Å². The Morgan fingerprint density at radius 2 is 1.65 bits per heavy atom. The fourth-order valence-electron chi connectivity index (χ4n) is 3.02. The molecule has 0 aromatic heterocycles. The highest BCUT2D eigenvalue weighted by Crippen LogP contribution is 2.39. The predicted molar refractivity (Wildman–Crippen MR) is 81.8 cm³/mol. The van der Waals surface area contributed by atoms with Gasteiger partial charge < -0.3 is 20.5 Å². The van der Waals surface area contributed by atoms with Crippen LogP contribution in [0.4, 0.5) is 11.4 Å². The molecule has 2 aliphatic rings. The number of anilines is 2. The number of benzene rings is 1. The van der Waals surface area contributed by atoms with Crippen molar-refractivity contribution in [1.82, 2.24) is 0 Å². The molecule has 4 unspecified atom stereocenters. The van der Waals surface area contributed by atoms with Crippen molar-refractivity contribution in [1.29, 1.82) is 0 Å². The number of carboxylic acids is 1. The summed E-state index contributed by atoms with van der Waals surface area (Å²) in [4.78, 5) is 34.9. The van der Waals surface area contributed by atoms with Crippen molar-refractivity contribution < 1.29 is 24.2 Å². The van der Waals surface area contributed by atoms with Crippen molar-refractivity contribution >= 4 is 29.2 Å². The number of hydrogen-bond acceptors (Lipinski definition) is 4. The number of carboxylic acid groups (broad SMARTS) is 1. The van der Waals surface area contributed by atoms with E-state index in [2.05, 4.69) is 10.6 Å². The zero-order valence-corrected chi connectivity index (χ0v) is 12.4. The molecule has 2 amide bonds. The summed E-state index contributed by atoms with van der Waals surface area (Å²) in [6.45, 7) is 1.39. The molecule has 7 heteroatoms. The highest BCUT2D eigenvalue weighted by atomic mass is 16.5. The highest BCUT2D eigenvalue weighted by molar-refractivity contribution is 5.97. The number of fused-ring (bicyclic) bond motifs is 2. The van der Waals surface area contributed by atoms with Crippen molar-refractivity contribution in [3.05, 3.63) is 36.4 Å². The average molecular weight is 316 g/mol. The number of amides is 2. The molecule has 0 saturated carbocycles. The first-order valence-electron chi connectivity index (χ1n) is 7.21. The lowest BCUT2D eigenvalue weighted by atomic mass is 9.82. The second-order valence-electron chi connectivity index (χ2n) is 5.59. The van der Waals surface area contributed by atoms with E-state index in [-0.39, 0.29) is 5.91 Å². The van der Waals surface area contributed by atoms with Crippen molar-refractivity contribution in [3.8, 4) is 0 Å². The van der Waals surface area contributed by atoms with Crippen LogP contribution in [-0.2, 0) is 19.1 Å². The van der Waals surface area contributed by atoms with Crippen LogP contribution in [0.2, 0.25) is 0 Å². The summed E-state index contributed by atoms with van der Waals surface area (Å²) in [5.74, 6) is -3.33. The zero-order chi connectivity index (χ0) is 16.6. The standard InChI is InChI=1S/C16H16N2O5/c1-8(19)17-9-3-2-4-10(7-9)18-15(20)13-11-5-6-12(23-11)14(13)16(21)22/h2-7,11-14H,1H3,(H,17,19)(H,18,20)(H,21,22). The van der Waals surface area contributed by atoms with E-state index in [1.165, 1.54) is 6.92 Å². The third-order valence-electron chi connectivity index (χ3n) is 3.94. The Hall–Kier alpha value is -2.67. The van der Waals surface area contributed by atoms with Gasteiger partial charge in [-0.2, -0.15) is 0 Å². The van der Waals surface area contributed by atoms with Crippen molar-refractivity contribution in [3.63, 3.8) is 0 Å². The Labute approximate surface area is 132 Å². The number of rotatable bonds is 4. The van der Waals surface area contributed by atoms with Gasteiger partial charge in [0.05, 0.1) is 18.1 Å². The summed E-state index contributed by atoms with van der Waals surface area (Å²) in [5.41, 5.74) is 1.03. The van der Waals surface area contributed by atoms with Crippen LogP contribution in [0.3, 0.4) is 0 Å². The van der Waals surface area contributed by atoms with E-state index in [1.54, 1.807) is 36.4 Å². The van der Waals surface area contributed by atoms with Gasteiger partial charge in [0.25, 0.3) is 0 Å². The minimum atomic E-state index is -1.05. The van der Waals surface area contributed by atoms with Gasteiger partial charge in [-0.1, -0.05) is 18.2 Å². The average Bonchev–Trinajstić information content (AvgIpc) is 3.07. The van der Waals surface area contributed by atoms with E-state index >= 15 is 0 Å². The molecular formula is C16H16N2O5. The van der Waals surface area contributed by atoms with E-state index < -0.39 is 35.9 Å². The molecule has 2 heterocycles. The SMILES string of the molecule is CC(=O)Nc1cccc(NC(=O)C2C3C=CC(O3)C2C(=O)O)c1. The molecule has 3 rings (SSSR count). The van der Waals surface area contributed by atoms with Crippen LogP contribution in [0.5, 0.6) is 0 Å². The van der Waals surface area contributed by atoms with Gasteiger partial charge in [-0.3, -0.25) is 14.4 Å².